The molecular weight excluding hydrogens is 374 g/mol. The fourth-order valence-corrected chi connectivity index (χ4v) is 9.02. The summed E-state index contributed by atoms with van der Waals surface area (Å²) in [7, 11) is 1.83. The van der Waals surface area contributed by atoms with Crippen molar-refractivity contribution in [3.8, 4) is 5.75 Å². The van der Waals surface area contributed by atoms with E-state index < -0.39 is 5.60 Å². The van der Waals surface area contributed by atoms with Crippen LogP contribution in [0.2, 0.25) is 0 Å². The number of hydrogen-bond donors (Lipinski definition) is 0. The molecule has 4 heteroatoms. The van der Waals surface area contributed by atoms with Crippen molar-refractivity contribution in [2.75, 3.05) is 20.2 Å². The number of rotatable bonds is 4. The summed E-state index contributed by atoms with van der Waals surface area (Å²) in [6.45, 7) is 4.61. The van der Waals surface area contributed by atoms with E-state index >= 15 is 0 Å². The average molecular weight is 408 g/mol. The smallest absolute Gasteiger partial charge is 0.139 e. The molecule has 2 heterocycles. The Morgan fingerprint density at radius 3 is 2.90 bits per heavy atom. The maximum absolute atomic E-state index is 12.5. The summed E-state index contributed by atoms with van der Waals surface area (Å²) in [5.41, 5.74) is 3.95. The van der Waals surface area contributed by atoms with Gasteiger partial charge in [-0.05, 0) is 81.9 Å². The molecule has 0 amide bonds. The highest BCUT2D eigenvalue weighted by atomic mass is 16.6. The summed E-state index contributed by atoms with van der Waals surface area (Å²) >= 11 is 0. The minimum Gasteiger partial charge on any atom is -0.486 e. The summed E-state index contributed by atoms with van der Waals surface area (Å²) in [4.78, 5) is 15.3. The summed E-state index contributed by atoms with van der Waals surface area (Å²) in [5, 5.41) is 0. The van der Waals surface area contributed by atoms with E-state index in [1.807, 2.05) is 7.11 Å². The van der Waals surface area contributed by atoms with Gasteiger partial charge in [0.2, 0.25) is 0 Å². The Hall–Kier alpha value is -1.39. The van der Waals surface area contributed by atoms with Crippen LogP contribution < -0.4 is 4.74 Å². The van der Waals surface area contributed by atoms with E-state index in [2.05, 4.69) is 24.0 Å². The van der Waals surface area contributed by atoms with Gasteiger partial charge in [0.15, 0.2) is 0 Å². The molecule has 8 rings (SSSR count). The molecule has 4 bridgehead atoms. The van der Waals surface area contributed by atoms with Crippen LogP contribution in [0, 0.1) is 24.2 Å². The van der Waals surface area contributed by atoms with Gasteiger partial charge in [-0.2, -0.15) is 0 Å². The van der Waals surface area contributed by atoms with Crippen LogP contribution in [0.3, 0.4) is 0 Å². The van der Waals surface area contributed by atoms with E-state index in [9.17, 15) is 4.79 Å². The van der Waals surface area contributed by atoms with Crippen molar-refractivity contribution < 1.29 is 14.3 Å². The first-order valence-corrected chi connectivity index (χ1v) is 12.1. The molecule has 1 aromatic carbocycles. The molecule has 0 radical (unpaired) electrons. The number of aldehydes is 1. The molecule has 7 aliphatic rings. The van der Waals surface area contributed by atoms with Crippen LogP contribution in [0.1, 0.15) is 61.6 Å². The summed E-state index contributed by atoms with van der Waals surface area (Å²) in [6.07, 6.45) is 10.5. The first kappa shape index (κ1) is 18.2. The van der Waals surface area contributed by atoms with Crippen molar-refractivity contribution in [3.63, 3.8) is 0 Å². The highest BCUT2D eigenvalue weighted by Crippen LogP contribution is 2.74. The number of methoxy groups -OCH3 is 1. The van der Waals surface area contributed by atoms with Crippen LogP contribution in [0.4, 0.5) is 0 Å². The number of nitrogens with zero attached hydrogens (tertiary/aromatic N) is 1. The highest BCUT2D eigenvalue weighted by Gasteiger charge is 2.78. The Balaban J connectivity index is 1.51. The molecule has 5 fully saturated rings. The SMILES string of the molecule is CO[C@]12CCC[C@@]3(C[C@@H]1C=O)[C@H]1Cc4ccc(C)c5c4[C@@]3(CCN1CC1CC1)C2O5. The van der Waals surface area contributed by atoms with E-state index in [0.29, 0.717) is 6.04 Å². The second kappa shape index (κ2) is 5.69. The molecule has 2 spiro atoms. The number of carbonyl (C=O) groups excluding carboxylic acids is 1. The predicted octanol–water partition coefficient (Wildman–Crippen LogP) is 3.81. The molecule has 160 valence electrons. The zero-order valence-electron chi connectivity index (χ0n) is 18.3. The number of aryl methyl sites for hydroxylation is 1. The van der Waals surface area contributed by atoms with Gasteiger partial charge in [0, 0.05) is 42.0 Å². The highest BCUT2D eigenvalue weighted by molar-refractivity contribution is 5.65. The number of hydrogen-bond acceptors (Lipinski definition) is 4. The molecule has 0 aromatic heterocycles. The van der Waals surface area contributed by atoms with Gasteiger partial charge in [-0.15, -0.1) is 0 Å². The van der Waals surface area contributed by atoms with Crippen molar-refractivity contribution in [2.45, 2.75) is 81.5 Å². The first-order valence-electron chi connectivity index (χ1n) is 12.1. The summed E-state index contributed by atoms with van der Waals surface area (Å²) < 4.78 is 13.3. The lowest BCUT2D eigenvalue weighted by atomic mass is 9.40. The lowest BCUT2D eigenvalue weighted by Crippen LogP contribution is -2.76. The van der Waals surface area contributed by atoms with Crippen molar-refractivity contribution in [1.82, 2.24) is 4.90 Å². The molecular formula is C26H33NO3. The second-order valence-corrected chi connectivity index (χ2v) is 11.2. The van der Waals surface area contributed by atoms with E-state index in [-0.39, 0.29) is 22.9 Å². The Morgan fingerprint density at radius 2 is 2.13 bits per heavy atom. The number of benzene rings is 1. The third kappa shape index (κ3) is 1.83. The normalized spacial score (nSPS) is 45.6. The van der Waals surface area contributed by atoms with Crippen molar-refractivity contribution in [3.05, 3.63) is 28.8 Å². The molecule has 4 nitrogen and oxygen atoms in total. The summed E-state index contributed by atoms with van der Waals surface area (Å²) in [5.74, 6) is 1.96. The van der Waals surface area contributed by atoms with Gasteiger partial charge in [-0.3, -0.25) is 4.90 Å². The van der Waals surface area contributed by atoms with Gasteiger partial charge in [-0.25, -0.2) is 0 Å². The maximum atomic E-state index is 12.5. The molecule has 1 saturated heterocycles. The Morgan fingerprint density at radius 1 is 1.27 bits per heavy atom. The topological polar surface area (TPSA) is 38.8 Å². The molecule has 1 unspecified atom stereocenters. The standard InChI is InChI=1S/C26H33NO3/c1-16-4-7-18-12-20-24-8-3-9-26(29-2,19(13-24)15-28)23-25(24,21(18)22(16)30-23)10-11-27(20)14-17-5-6-17/h4,7,15,17,19-20,23H,3,5-6,8-14H2,1-2H3/t19-,20-,23?,24-,25+,26-/m1/s1. The Kier molecular flexibility index (Phi) is 3.45. The monoisotopic (exact) mass is 407 g/mol. The van der Waals surface area contributed by atoms with Gasteiger partial charge in [0.25, 0.3) is 0 Å². The minimum atomic E-state index is -0.481. The van der Waals surface area contributed by atoms with Crippen LogP contribution in [0.25, 0.3) is 0 Å². The predicted molar refractivity (Wildman–Crippen MR) is 114 cm³/mol. The molecule has 2 aliphatic heterocycles. The molecule has 30 heavy (non-hydrogen) atoms. The van der Waals surface area contributed by atoms with E-state index in [0.717, 1.165) is 43.8 Å². The lowest BCUT2D eigenvalue weighted by Gasteiger charge is -2.68. The van der Waals surface area contributed by atoms with Crippen LogP contribution in [0.5, 0.6) is 5.75 Å². The third-order valence-electron chi connectivity index (χ3n) is 10.3. The van der Waals surface area contributed by atoms with Crippen LogP contribution in [0.15, 0.2) is 12.1 Å². The Bertz CT molecular complexity index is 940. The van der Waals surface area contributed by atoms with E-state index in [1.165, 1.54) is 55.3 Å². The largest absolute Gasteiger partial charge is 0.486 e. The van der Waals surface area contributed by atoms with E-state index in [4.69, 9.17) is 9.47 Å². The van der Waals surface area contributed by atoms with Crippen LogP contribution >= 0.6 is 0 Å². The quantitative estimate of drug-likeness (QED) is 0.712. The number of fused-ring (bicyclic) bond motifs is 3. The molecule has 5 aliphatic carbocycles. The number of likely N-dealkylation sites (tertiary alicyclic amines) is 1. The fourth-order valence-electron chi connectivity index (χ4n) is 9.02. The number of carbonyl (C=O) groups is 1. The van der Waals surface area contributed by atoms with Gasteiger partial charge >= 0.3 is 0 Å². The van der Waals surface area contributed by atoms with Crippen LogP contribution in [-0.2, 0) is 21.4 Å². The van der Waals surface area contributed by atoms with Crippen LogP contribution in [-0.4, -0.2) is 49.1 Å². The number of ether oxygens (including phenoxy) is 2. The van der Waals surface area contributed by atoms with Gasteiger partial charge < -0.3 is 14.3 Å². The zero-order valence-corrected chi connectivity index (χ0v) is 18.3. The molecule has 6 atom stereocenters. The van der Waals surface area contributed by atoms with E-state index in [1.54, 1.807) is 0 Å². The first-order chi connectivity index (χ1) is 14.6. The van der Waals surface area contributed by atoms with Crippen molar-refractivity contribution in [2.24, 2.45) is 17.3 Å². The Labute approximate surface area is 179 Å². The third-order valence-corrected chi connectivity index (χ3v) is 10.3. The second-order valence-electron chi connectivity index (χ2n) is 11.2. The molecule has 1 aromatic rings. The van der Waals surface area contributed by atoms with Gasteiger partial charge in [0.05, 0.1) is 0 Å². The van der Waals surface area contributed by atoms with Crippen molar-refractivity contribution in [1.29, 1.82) is 0 Å². The average Bonchev–Trinajstić information content (AvgIpc) is 3.53. The molecule has 4 saturated carbocycles. The van der Waals surface area contributed by atoms with Gasteiger partial charge in [0.1, 0.15) is 23.7 Å². The zero-order chi connectivity index (χ0) is 20.3. The fraction of sp³-hybridized carbons (Fsp3) is 0.731. The summed E-state index contributed by atoms with van der Waals surface area (Å²) in [6, 6.07) is 5.18. The van der Waals surface area contributed by atoms with Crippen molar-refractivity contribution >= 4 is 6.29 Å². The lowest BCUT2D eigenvalue weighted by molar-refractivity contribution is -0.220. The number of piperidine rings is 1. The van der Waals surface area contributed by atoms with Gasteiger partial charge in [-0.1, -0.05) is 12.1 Å². The minimum absolute atomic E-state index is 0.0126. The maximum Gasteiger partial charge on any atom is 0.139 e. The molecule has 0 N–H and O–H groups in total.